The Morgan fingerprint density at radius 2 is 1.89 bits per heavy atom. The van der Waals surface area contributed by atoms with Gasteiger partial charge in [-0.05, 0) is 77.6 Å². The molecule has 0 saturated heterocycles. The Balaban J connectivity index is 1.33. The van der Waals surface area contributed by atoms with E-state index in [4.69, 9.17) is 9.47 Å². The first-order chi connectivity index (χ1) is 17.5. The zero-order chi connectivity index (χ0) is 26.4. The Morgan fingerprint density at radius 3 is 2.65 bits per heavy atom. The highest BCUT2D eigenvalue weighted by Gasteiger charge is 2.45. The number of hydrogen-bond acceptors (Lipinski definition) is 5. The van der Waals surface area contributed by atoms with Gasteiger partial charge in [-0.3, -0.25) is 0 Å². The minimum absolute atomic E-state index is 0.0319. The average molecular weight is 536 g/mol. The van der Waals surface area contributed by atoms with E-state index in [9.17, 15) is 26.0 Å². The number of halogens is 4. The predicted octanol–water partition coefficient (Wildman–Crippen LogP) is 5.96. The molecule has 2 aliphatic carbocycles. The summed E-state index contributed by atoms with van der Waals surface area (Å²) in [6.45, 7) is -0.221. The largest absolute Gasteiger partial charge is 0.494 e. The van der Waals surface area contributed by atoms with Gasteiger partial charge in [0.25, 0.3) is 0 Å². The number of nitrogens with zero attached hydrogens (tertiary/aromatic N) is 1. The Kier molecular flexibility index (Phi) is 6.64. The van der Waals surface area contributed by atoms with Crippen molar-refractivity contribution in [2.75, 3.05) is 18.6 Å². The molecule has 2 atom stereocenters. The van der Waals surface area contributed by atoms with Crippen molar-refractivity contribution in [2.24, 2.45) is 5.92 Å². The molecule has 10 heteroatoms. The number of aromatic nitrogens is 1. The van der Waals surface area contributed by atoms with Gasteiger partial charge in [-0.1, -0.05) is 12.1 Å². The van der Waals surface area contributed by atoms with Gasteiger partial charge in [-0.25, -0.2) is 17.8 Å². The summed E-state index contributed by atoms with van der Waals surface area (Å²) >= 11 is 0. The summed E-state index contributed by atoms with van der Waals surface area (Å²) in [5.41, 5.74) is 1.65. The molecule has 0 N–H and O–H groups in total. The van der Waals surface area contributed by atoms with E-state index in [1.165, 1.54) is 41.8 Å². The Morgan fingerprint density at radius 1 is 1.08 bits per heavy atom. The maximum absolute atomic E-state index is 14.5. The van der Waals surface area contributed by atoms with Crippen molar-refractivity contribution in [2.45, 2.75) is 38.0 Å². The molecule has 1 fully saturated rings. The van der Waals surface area contributed by atoms with Crippen LogP contribution in [0.4, 0.5) is 17.6 Å². The van der Waals surface area contributed by atoms with E-state index in [2.05, 4.69) is 4.98 Å². The molecule has 0 radical (unpaired) electrons. The lowest BCUT2D eigenvalue weighted by atomic mass is 9.97. The second-order valence-corrected chi connectivity index (χ2v) is 11.9. The summed E-state index contributed by atoms with van der Waals surface area (Å²) < 4.78 is 89.7. The molecular formula is C27H25F4NO4S. The van der Waals surface area contributed by atoms with Crippen LogP contribution in [0, 0.1) is 11.7 Å². The average Bonchev–Trinajstić information content (AvgIpc) is 3.50. The zero-order valence-electron chi connectivity index (χ0n) is 20.0. The Labute approximate surface area is 212 Å². The van der Waals surface area contributed by atoms with Gasteiger partial charge in [0.2, 0.25) is 5.88 Å². The predicted molar refractivity (Wildman–Crippen MR) is 130 cm³/mol. The molecule has 1 aromatic heterocycles. The molecule has 5 rings (SSSR count). The lowest BCUT2D eigenvalue weighted by Gasteiger charge is -2.16. The van der Waals surface area contributed by atoms with Crippen LogP contribution >= 0.6 is 0 Å². The third kappa shape index (κ3) is 5.89. The lowest BCUT2D eigenvalue weighted by molar-refractivity contribution is -0.137. The fourth-order valence-corrected chi connectivity index (χ4v) is 5.47. The zero-order valence-corrected chi connectivity index (χ0v) is 20.8. The number of rotatable bonds is 9. The first-order valence-corrected chi connectivity index (χ1v) is 14.0. The van der Waals surface area contributed by atoms with Crippen LogP contribution in [0.25, 0.3) is 11.1 Å². The fraction of sp³-hybridized carbons (Fsp3) is 0.370. The van der Waals surface area contributed by atoms with Crippen molar-refractivity contribution < 1.29 is 35.5 Å². The van der Waals surface area contributed by atoms with E-state index in [1.54, 1.807) is 6.20 Å². The highest BCUT2D eigenvalue weighted by atomic mass is 32.2. The highest BCUT2D eigenvalue weighted by Crippen LogP contribution is 2.56. The summed E-state index contributed by atoms with van der Waals surface area (Å²) in [7, 11) is -3.19. The first kappa shape index (κ1) is 25.5. The minimum atomic E-state index is -4.69. The summed E-state index contributed by atoms with van der Waals surface area (Å²) in [6.07, 6.45) is 0.528. The van der Waals surface area contributed by atoms with E-state index in [-0.39, 0.29) is 47.8 Å². The normalized spacial score (nSPS) is 18.3. The number of hydrogen-bond donors (Lipinski definition) is 0. The molecule has 37 heavy (non-hydrogen) atoms. The number of benzene rings is 2. The number of sulfone groups is 1. The van der Waals surface area contributed by atoms with Gasteiger partial charge in [0.1, 0.15) is 28.0 Å². The van der Waals surface area contributed by atoms with Crippen LogP contribution in [0.1, 0.15) is 41.0 Å². The van der Waals surface area contributed by atoms with Crippen molar-refractivity contribution in [1.29, 1.82) is 0 Å². The maximum atomic E-state index is 14.5. The quantitative estimate of drug-likeness (QED) is 0.250. The second-order valence-electron chi connectivity index (χ2n) is 9.66. The van der Waals surface area contributed by atoms with Crippen molar-refractivity contribution in [1.82, 2.24) is 4.98 Å². The molecule has 3 aromatic rings. The fourth-order valence-electron chi connectivity index (χ4n) is 4.83. The third-order valence-corrected chi connectivity index (χ3v) is 7.79. The van der Waals surface area contributed by atoms with E-state index >= 15 is 0 Å². The molecule has 1 heterocycles. The second kappa shape index (κ2) is 9.63. The highest BCUT2D eigenvalue weighted by molar-refractivity contribution is 7.90. The smallest absolute Gasteiger partial charge is 0.417 e. The lowest BCUT2D eigenvalue weighted by Crippen LogP contribution is -2.10. The molecular weight excluding hydrogens is 510 g/mol. The third-order valence-electron chi connectivity index (χ3n) is 6.76. The molecule has 2 aliphatic rings. The molecule has 0 amide bonds. The SMILES string of the molecule is CS(=O)(=O)CCCOc1ccc(-c2ccc(F)c(COc3cc4c(cn3)[C@@H]3CC3C4)c2)c(C(F)(F)F)c1. The van der Waals surface area contributed by atoms with Gasteiger partial charge < -0.3 is 9.47 Å². The van der Waals surface area contributed by atoms with E-state index in [0.29, 0.717) is 17.7 Å². The van der Waals surface area contributed by atoms with Crippen LogP contribution in [-0.4, -0.2) is 32.0 Å². The van der Waals surface area contributed by atoms with E-state index in [0.717, 1.165) is 24.8 Å². The standard InChI is InChI=1S/C27H25F4NO4S/c1-37(33,34)8-2-7-35-20-4-5-21(24(13-20)27(29,30)31)16-3-6-25(28)19(9-16)15-36-26-12-18-10-17-11-22(17)23(18)14-32-26/h3-6,9,12-14,17,22H,2,7-8,10-11,15H2,1H3/t17?,22-/m1/s1. The molecule has 1 saturated carbocycles. The van der Waals surface area contributed by atoms with Gasteiger partial charge >= 0.3 is 6.18 Å². The van der Waals surface area contributed by atoms with E-state index < -0.39 is 27.4 Å². The van der Waals surface area contributed by atoms with Crippen LogP contribution < -0.4 is 9.47 Å². The van der Waals surface area contributed by atoms with Gasteiger partial charge in [-0.15, -0.1) is 0 Å². The van der Waals surface area contributed by atoms with Gasteiger partial charge in [0.05, 0.1) is 17.9 Å². The number of ether oxygens (including phenoxy) is 2. The van der Waals surface area contributed by atoms with Crippen LogP contribution in [0.5, 0.6) is 11.6 Å². The first-order valence-electron chi connectivity index (χ1n) is 11.9. The molecule has 1 unspecified atom stereocenters. The van der Waals surface area contributed by atoms with Crippen molar-refractivity contribution >= 4 is 9.84 Å². The van der Waals surface area contributed by atoms with Gasteiger partial charge in [0, 0.05) is 24.1 Å². The number of fused-ring (bicyclic) bond motifs is 3. The van der Waals surface area contributed by atoms with Crippen LogP contribution in [0.15, 0.2) is 48.7 Å². The molecule has 196 valence electrons. The molecule has 5 nitrogen and oxygen atoms in total. The maximum Gasteiger partial charge on any atom is 0.417 e. The van der Waals surface area contributed by atoms with Crippen molar-refractivity contribution in [3.8, 4) is 22.8 Å². The number of alkyl halides is 3. The summed E-state index contributed by atoms with van der Waals surface area (Å²) in [5.74, 6) is 0.894. The molecule has 2 aromatic carbocycles. The molecule has 0 aliphatic heterocycles. The van der Waals surface area contributed by atoms with Crippen molar-refractivity contribution in [3.63, 3.8) is 0 Å². The summed E-state index contributed by atoms with van der Waals surface area (Å²) in [5, 5.41) is 0. The Bertz CT molecular complexity index is 1440. The van der Waals surface area contributed by atoms with Crippen molar-refractivity contribution in [3.05, 3.63) is 76.7 Å². The number of pyridine rings is 1. The molecule has 0 spiro atoms. The van der Waals surface area contributed by atoms with E-state index in [1.807, 2.05) is 6.07 Å². The van der Waals surface area contributed by atoms with Gasteiger partial charge in [-0.2, -0.15) is 13.2 Å². The van der Waals surface area contributed by atoms with Crippen LogP contribution in [0.3, 0.4) is 0 Å². The molecule has 0 bridgehead atoms. The summed E-state index contributed by atoms with van der Waals surface area (Å²) in [6, 6.07) is 9.12. The topological polar surface area (TPSA) is 65.5 Å². The Hall–Kier alpha value is -3.14. The monoisotopic (exact) mass is 535 g/mol. The summed E-state index contributed by atoms with van der Waals surface area (Å²) in [4.78, 5) is 4.31. The van der Waals surface area contributed by atoms with Gasteiger partial charge in [0.15, 0.2) is 0 Å². The van der Waals surface area contributed by atoms with Crippen LogP contribution in [0.2, 0.25) is 0 Å². The minimum Gasteiger partial charge on any atom is -0.494 e. The van der Waals surface area contributed by atoms with Crippen LogP contribution in [-0.2, 0) is 29.0 Å².